The number of morpholine rings is 1. The highest BCUT2D eigenvalue weighted by atomic mass is 19.1. The van der Waals surface area contributed by atoms with Gasteiger partial charge in [0, 0.05) is 25.3 Å². The van der Waals surface area contributed by atoms with Crippen LogP contribution in [0.4, 0.5) is 20.7 Å². The van der Waals surface area contributed by atoms with Gasteiger partial charge in [-0.2, -0.15) is 0 Å². The molecule has 0 saturated carbocycles. The minimum absolute atomic E-state index is 0.0385. The fraction of sp³-hybridized carbons (Fsp3) is 0.636. The SMILES string of the molecule is CCOCC1COC(=O)N1c1noc2c(F)c(N3CC(C)OC(C)C3)c(C3OCCO3)cc12. The van der Waals surface area contributed by atoms with Gasteiger partial charge in [0.15, 0.2) is 17.9 Å². The average Bonchev–Trinajstić information content (AvgIpc) is 3.51. The molecule has 3 fully saturated rings. The molecule has 3 aliphatic heterocycles. The lowest BCUT2D eigenvalue weighted by atomic mass is 10.0. The van der Waals surface area contributed by atoms with Gasteiger partial charge in [0.1, 0.15) is 6.61 Å². The zero-order valence-corrected chi connectivity index (χ0v) is 18.9. The van der Waals surface area contributed by atoms with Crippen LogP contribution in [0, 0.1) is 5.82 Å². The van der Waals surface area contributed by atoms with Gasteiger partial charge in [0.05, 0.1) is 49.1 Å². The van der Waals surface area contributed by atoms with Crippen LogP contribution in [0.5, 0.6) is 0 Å². The largest absolute Gasteiger partial charge is 0.447 e. The summed E-state index contributed by atoms with van der Waals surface area (Å²) in [5.74, 6) is -0.388. The Kier molecular flexibility index (Phi) is 6.12. The molecule has 10 nitrogen and oxygen atoms in total. The number of carbonyl (C=O) groups excluding carboxylic acids is 1. The van der Waals surface area contributed by atoms with Gasteiger partial charge in [0.2, 0.25) is 5.58 Å². The first-order valence-corrected chi connectivity index (χ1v) is 11.3. The topological polar surface area (TPSA) is 95.7 Å². The molecule has 0 bridgehead atoms. The maximum atomic E-state index is 16.0. The van der Waals surface area contributed by atoms with Crippen molar-refractivity contribution in [1.82, 2.24) is 5.16 Å². The summed E-state index contributed by atoms with van der Waals surface area (Å²) in [5.41, 5.74) is 0.828. The number of hydrogen-bond donors (Lipinski definition) is 0. The molecule has 3 aliphatic rings. The molecule has 1 aromatic carbocycles. The molecule has 4 heterocycles. The molecule has 1 aromatic heterocycles. The lowest BCUT2D eigenvalue weighted by molar-refractivity contribution is -0.0445. The number of hydrogen-bond acceptors (Lipinski definition) is 9. The molecule has 11 heteroatoms. The van der Waals surface area contributed by atoms with E-state index in [-0.39, 0.29) is 36.8 Å². The first kappa shape index (κ1) is 22.3. The quantitative estimate of drug-likeness (QED) is 0.638. The van der Waals surface area contributed by atoms with Crippen molar-refractivity contribution in [3.8, 4) is 0 Å². The van der Waals surface area contributed by atoms with Crippen LogP contribution in [0.1, 0.15) is 32.6 Å². The van der Waals surface area contributed by atoms with Crippen LogP contribution in [0.15, 0.2) is 10.6 Å². The number of nitrogens with zero attached hydrogens (tertiary/aromatic N) is 3. The maximum absolute atomic E-state index is 16.0. The van der Waals surface area contributed by atoms with E-state index in [0.29, 0.717) is 49.5 Å². The van der Waals surface area contributed by atoms with Crippen LogP contribution in [0.3, 0.4) is 0 Å². The standard InChI is InChI=1S/C22H28FN3O7/c1-4-28-10-14-11-31-22(27)26(14)20-16-7-15(21-29-5-6-30-21)18(17(23)19(16)33-24-20)25-8-12(2)32-13(3)9-25/h7,12-14,21H,4-6,8-11H2,1-3H3. The van der Waals surface area contributed by atoms with Crippen LogP contribution in [-0.2, 0) is 23.7 Å². The highest BCUT2D eigenvalue weighted by molar-refractivity contribution is 6.01. The van der Waals surface area contributed by atoms with E-state index >= 15 is 4.39 Å². The van der Waals surface area contributed by atoms with E-state index in [1.165, 1.54) is 4.90 Å². The highest BCUT2D eigenvalue weighted by Crippen LogP contribution is 2.42. The average molecular weight is 465 g/mol. The number of carbonyl (C=O) groups is 1. The van der Waals surface area contributed by atoms with Crippen molar-refractivity contribution in [2.45, 2.75) is 45.3 Å². The molecular weight excluding hydrogens is 437 g/mol. The van der Waals surface area contributed by atoms with Crippen LogP contribution >= 0.6 is 0 Å². The van der Waals surface area contributed by atoms with Crippen molar-refractivity contribution < 1.29 is 37.4 Å². The summed E-state index contributed by atoms with van der Waals surface area (Å²) in [4.78, 5) is 15.8. The highest BCUT2D eigenvalue weighted by Gasteiger charge is 2.40. The predicted octanol–water partition coefficient (Wildman–Crippen LogP) is 2.99. The van der Waals surface area contributed by atoms with Crippen LogP contribution in [0.25, 0.3) is 11.0 Å². The second-order valence-corrected chi connectivity index (χ2v) is 8.51. The third-order valence-electron chi connectivity index (χ3n) is 6.00. The fourth-order valence-electron chi connectivity index (χ4n) is 4.71. The molecule has 0 aliphatic carbocycles. The number of benzene rings is 1. The van der Waals surface area contributed by atoms with E-state index in [2.05, 4.69) is 5.16 Å². The van der Waals surface area contributed by atoms with E-state index in [9.17, 15) is 4.79 Å². The van der Waals surface area contributed by atoms with Crippen molar-refractivity contribution in [2.75, 3.05) is 55.9 Å². The van der Waals surface area contributed by atoms with Gasteiger partial charge in [-0.1, -0.05) is 5.16 Å². The van der Waals surface area contributed by atoms with Gasteiger partial charge in [-0.3, -0.25) is 0 Å². The molecule has 3 atom stereocenters. The Balaban J connectivity index is 1.62. The van der Waals surface area contributed by atoms with Crippen molar-refractivity contribution in [3.05, 3.63) is 17.4 Å². The van der Waals surface area contributed by atoms with Crippen LogP contribution < -0.4 is 9.80 Å². The fourth-order valence-corrected chi connectivity index (χ4v) is 4.71. The van der Waals surface area contributed by atoms with Gasteiger partial charge < -0.3 is 33.1 Å². The molecule has 2 aromatic rings. The third-order valence-corrected chi connectivity index (χ3v) is 6.00. The monoisotopic (exact) mass is 465 g/mol. The number of fused-ring (bicyclic) bond motifs is 1. The normalized spacial score (nSPS) is 26.5. The number of anilines is 2. The minimum Gasteiger partial charge on any atom is -0.447 e. The molecule has 3 saturated heterocycles. The first-order valence-electron chi connectivity index (χ1n) is 11.3. The molecule has 0 radical (unpaired) electrons. The molecule has 1 amide bonds. The zero-order valence-electron chi connectivity index (χ0n) is 18.9. The van der Waals surface area contributed by atoms with Gasteiger partial charge in [-0.15, -0.1) is 0 Å². The Hall–Kier alpha value is -2.47. The predicted molar refractivity (Wildman–Crippen MR) is 115 cm³/mol. The molecule has 180 valence electrons. The maximum Gasteiger partial charge on any atom is 0.416 e. The molecule has 0 N–H and O–H groups in total. The Bertz CT molecular complexity index is 1020. The van der Waals surface area contributed by atoms with E-state index in [4.69, 9.17) is 28.2 Å². The first-order chi connectivity index (χ1) is 16.0. The number of cyclic esters (lactones) is 1. The van der Waals surface area contributed by atoms with Crippen molar-refractivity contribution in [2.24, 2.45) is 0 Å². The van der Waals surface area contributed by atoms with Crippen molar-refractivity contribution in [1.29, 1.82) is 0 Å². The second-order valence-electron chi connectivity index (χ2n) is 8.51. The van der Waals surface area contributed by atoms with Gasteiger partial charge >= 0.3 is 6.09 Å². The summed E-state index contributed by atoms with van der Waals surface area (Å²) in [5, 5.41) is 4.41. The minimum atomic E-state index is -0.736. The zero-order chi connectivity index (χ0) is 23.1. The number of aromatic nitrogens is 1. The molecule has 3 unspecified atom stereocenters. The Morgan fingerprint density at radius 1 is 1.21 bits per heavy atom. The molecular formula is C22H28FN3O7. The third kappa shape index (κ3) is 4.03. The van der Waals surface area contributed by atoms with Gasteiger partial charge in [0.25, 0.3) is 0 Å². The lowest BCUT2D eigenvalue weighted by Crippen LogP contribution is -2.46. The number of amides is 1. The van der Waals surface area contributed by atoms with E-state index in [0.717, 1.165) is 0 Å². The smallest absolute Gasteiger partial charge is 0.416 e. The van der Waals surface area contributed by atoms with Gasteiger partial charge in [-0.05, 0) is 26.8 Å². The Labute approximate surface area is 190 Å². The molecule has 0 spiro atoms. The summed E-state index contributed by atoms with van der Waals surface area (Å²) >= 11 is 0. The summed E-state index contributed by atoms with van der Waals surface area (Å²) in [7, 11) is 0. The molecule has 5 rings (SSSR count). The lowest BCUT2D eigenvalue weighted by Gasteiger charge is -2.38. The van der Waals surface area contributed by atoms with E-state index in [1.807, 2.05) is 25.7 Å². The molecule has 33 heavy (non-hydrogen) atoms. The summed E-state index contributed by atoms with van der Waals surface area (Å²) in [6, 6.07) is 1.35. The summed E-state index contributed by atoms with van der Waals surface area (Å²) in [6.45, 7) is 8.50. The van der Waals surface area contributed by atoms with E-state index < -0.39 is 24.2 Å². The summed E-state index contributed by atoms with van der Waals surface area (Å²) < 4.78 is 49.5. The van der Waals surface area contributed by atoms with Crippen LogP contribution in [-0.4, -0.2) is 75.6 Å². The van der Waals surface area contributed by atoms with Crippen molar-refractivity contribution >= 4 is 28.6 Å². The van der Waals surface area contributed by atoms with E-state index in [1.54, 1.807) is 6.07 Å². The number of halogens is 1. The number of rotatable bonds is 6. The number of ether oxygens (including phenoxy) is 5. The Morgan fingerprint density at radius 2 is 1.94 bits per heavy atom. The van der Waals surface area contributed by atoms with Crippen LogP contribution in [0.2, 0.25) is 0 Å². The Morgan fingerprint density at radius 3 is 2.64 bits per heavy atom. The van der Waals surface area contributed by atoms with Gasteiger partial charge in [-0.25, -0.2) is 14.1 Å². The summed E-state index contributed by atoms with van der Waals surface area (Å²) in [6.07, 6.45) is -1.47. The van der Waals surface area contributed by atoms with Crippen molar-refractivity contribution in [3.63, 3.8) is 0 Å². The second kappa shape index (κ2) is 9.05.